The molecule has 0 aromatic heterocycles. The minimum atomic E-state index is -0.0973. The van der Waals surface area contributed by atoms with Crippen molar-refractivity contribution in [3.8, 4) is 0 Å². The van der Waals surface area contributed by atoms with Crippen LogP contribution >= 0.6 is 15.9 Å². The van der Waals surface area contributed by atoms with Gasteiger partial charge in [0.05, 0.1) is 0 Å². The molecule has 1 aromatic rings. The minimum Gasteiger partial charge on any atom is -0.314 e. The van der Waals surface area contributed by atoms with Crippen LogP contribution < -0.4 is 5.32 Å². The van der Waals surface area contributed by atoms with Gasteiger partial charge in [-0.1, -0.05) is 36.2 Å². The molecular formula is C14H21BrFN. The fourth-order valence-electron chi connectivity index (χ4n) is 2.05. The molecule has 1 N–H and O–H groups in total. The summed E-state index contributed by atoms with van der Waals surface area (Å²) in [5, 5.41) is 3.45. The molecular weight excluding hydrogens is 281 g/mol. The summed E-state index contributed by atoms with van der Waals surface area (Å²) in [6.45, 7) is 5.28. The number of halogens is 2. The number of benzene rings is 1. The quantitative estimate of drug-likeness (QED) is 0.792. The first-order valence-corrected chi connectivity index (χ1v) is 7.14. The fourth-order valence-corrected chi connectivity index (χ4v) is 2.46. The first kappa shape index (κ1) is 14.7. The van der Waals surface area contributed by atoms with Crippen LogP contribution in [0.15, 0.2) is 22.7 Å². The number of rotatable bonds is 7. The van der Waals surface area contributed by atoms with Gasteiger partial charge in [-0.15, -0.1) is 0 Å². The zero-order chi connectivity index (χ0) is 12.7. The molecule has 0 saturated carbocycles. The Bertz CT molecular complexity index is 335. The predicted octanol–water partition coefficient (Wildman–Crippen LogP) is 4.30. The van der Waals surface area contributed by atoms with Gasteiger partial charge in [-0.25, -0.2) is 4.39 Å². The first-order chi connectivity index (χ1) is 8.17. The van der Waals surface area contributed by atoms with Crippen molar-refractivity contribution in [2.24, 2.45) is 0 Å². The molecule has 0 bridgehead atoms. The highest BCUT2D eigenvalue weighted by atomic mass is 79.9. The monoisotopic (exact) mass is 301 g/mol. The van der Waals surface area contributed by atoms with Gasteiger partial charge in [0, 0.05) is 10.5 Å². The Hall–Kier alpha value is -0.410. The summed E-state index contributed by atoms with van der Waals surface area (Å²) in [5.41, 5.74) is 0.804. The molecule has 0 spiro atoms. The highest BCUT2D eigenvalue weighted by Crippen LogP contribution is 2.18. The molecule has 1 atom stereocenters. The van der Waals surface area contributed by atoms with E-state index in [1.807, 2.05) is 6.07 Å². The summed E-state index contributed by atoms with van der Waals surface area (Å²) < 4.78 is 14.5. The Morgan fingerprint density at radius 3 is 2.71 bits per heavy atom. The predicted molar refractivity (Wildman–Crippen MR) is 74.8 cm³/mol. The summed E-state index contributed by atoms with van der Waals surface area (Å²) in [7, 11) is 0. The highest BCUT2D eigenvalue weighted by molar-refractivity contribution is 9.10. The molecule has 0 aliphatic carbocycles. The largest absolute Gasteiger partial charge is 0.314 e. The molecule has 96 valence electrons. The lowest BCUT2D eigenvalue weighted by Crippen LogP contribution is -2.29. The van der Waals surface area contributed by atoms with E-state index in [4.69, 9.17) is 0 Å². The van der Waals surface area contributed by atoms with Gasteiger partial charge in [0.15, 0.2) is 0 Å². The molecule has 17 heavy (non-hydrogen) atoms. The van der Waals surface area contributed by atoms with E-state index in [2.05, 4.69) is 35.1 Å². The Morgan fingerprint density at radius 2 is 2.06 bits per heavy atom. The Labute approximate surface area is 112 Å². The van der Waals surface area contributed by atoms with Crippen LogP contribution in [0.1, 0.15) is 38.7 Å². The second kappa shape index (κ2) is 7.83. The number of hydrogen-bond acceptors (Lipinski definition) is 1. The fraction of sp³-hybridized carbons (Fsp3) is 0.571. The van der Waals surface area contributed by atoms with E-state index in [0.717, 1.165) is 35.8 Å². The third kappa shape index (κ3) is 5.17. The van der Waals surface area contributed by atoms with Crippen molar-refractivity contribution in [3.05, 3.63) is 34.1 Å². The van der Waals surface area contributed by atoms with E-state index in [1.165, 1.54) is 12.5 Å². The number of aryl methyl sites for hydroxylation is 1. The van der Waals surface area contributed by atoms with Gasteiger partial charge in [0.2, 0.25) is 0 Å². The molecule has 3 heteroatoms. The lowest BCUT2D eigenvalue weighted by Gasteiger charge is -2.17. The number of nitrogens with one attached hydrogen (secondary N) is 1. The van der Waals surface area contributed by atoms with Gasteiger partial charge < -0.3 is 5.32 Å². The molecule has 1 aromatic carbocycles. The SMILES string of the molecule is CCCC(CCc1cc(Br)ccc1F)NCC. The summed E-state index contributed by atoms with van der Waals surface area (Å²) in [6, 6.07) is 5.65. The van der Waals surface area contributed by atoms with Crippen molar-refractivity contribution < 1.29 is 4.39 Å². The maximum Gasteiger partial charge on any atom is 0.126 e. The molecule has 0 saturated heterocycles. The maximum atomic E-state index is 13.6. The van der Waals surface area contributed by atoms with Crippen molar-refractivity contribution in [1.82, 2.24) is 5.32 Å². The van der Waals surface area contributed by atoms with Crippen molar-refractivity contribution in [2.45, 2.75) is 45.6 Å². The Morgan fingerprint density at radius 1 is 1.29 bits per heavy atom. The van der Waals surface area contributed by atoms with E-state index < -0.39 is 0 Å². The van der Waals surface area contributed by atoms with Gasteiger partial charge in [0.25, 0.3) is 0 Å². The normalized spacial score (nSPS) is 12.7. The molecule has 0 heterocycles. The van der Waals surface area contributed by atoms with E-state index in [1.54, 1.807) is 6.07 Å². The lowest BCUT2D eigenvalue weighted by atomic mass is 10.0. The van der Waals surface area contributed by atoms with Crippen LogP contribution in [0.25, 0.3) is 0 Å². The van der Waals surface area contributed by atoms with Crippen molar-refractivity contribution in [2.75, 3.05) is 6.54 Å². The van der Waals surface area contributed by atoms with Crippen LogP contribution in [0.3, 0.4) is 0 Å². The van der Waals surface area contributed by atoms with Gasteiger partial charge in [0.1, 0.15) is 5.82 Å². The van der Waals surface area contributed by atoms with Crippen molar-refractivity contribution >= 4 is 15.9 Å². The van der Waals surface area contributed by atoms with Crippen LogP contribution in [-0.4, -0.2) is 12.6 Å². The molecule has 0 radical (unpaired) electrons. The zero-order valence-electron chi connectivity index (χ0n) is 10.6. The second-order valence-corrected chi connectivity index (χ2v) is 5.23. The molecule has 0 fully saturated rings. The Balaban J connectivity index is 2.55. The van der Waals surface area contributed by atoms with Crippen molar-refractivity contribution in [3.63, 3.8) is 0 Å². The van der Waals surface area contributed by atoms with Gasteiger partial charge >= 0.3 is 0 Å². The minimum absolute atomic E-state index is 0.0973. The standard InChI is InChI=1S/C14H21BrFN/c1-3-5-13(17-4-2)8-6-11-10-12(15)7-9-14(11)16/h7,9-10,13,17H,3-6,8H2,1-2H3. The van der Waals surface area contributed by atoms with Gasteiger partial charge in [-0.05, 0) is 49.6 Å². The second-order valence-electron chi connectivity index (χ2n) is 4.32. The molecule has 0 aliphatic rings. The van der Waals surface area contributed by atoms with Crippen LogP contribution in [0.2, 0.25) is 0 Å². The summed E-state index contributed by atoms with van der Waals surface area (Å²) in [6.07, 6.45) is 4.11. The van der Waals surface area contributed by atoms with E-state index >= 15 is 0 Å². The average Bonchev–Trinajstić information content (AvgIpc) is 2.30. The van der Waals surface area contributed by atoms with Crippen LogP contribution in [0.4, 0.5) is 4.39 Å². The third-order valence-electron chi connectivity index (χ3n) is 2.90. The van der Waals surface area contributed by atoms with Gasteiger partial charge in [-0.2, -0.15) is 0 Å². The average molecular weight is 302 g/mol. The third-order valence-corrected chi connectivity index (χ3v) is 3.39. The first-order valence-electron chi connectivity index (χ1n) is 6.34. The van der Waals surface area contributed by atoms with Gasteiger partial charge in [-0.3, -0.25) is 0 Å². The van der Waals surface area contributed by atoms with E-state index in [-0.39, 0.29) is 5.82 Å². The summed E-state index contributed by atoms with van der Waals surface area (Å²) in [5.74, 6) is -0.0973. The van der Waals surface area contributed by atoms with Crippen LogP contribution in [0, 0.1) is 5.82 Å². The highest BCUT2D eigenvalue weighted by Gasteiger charge is 2.09. The zero-order valence-corrected chi connectivity index (χ0v) is 12.2. The smallest absolute Gasteiger partial charge is 0.126 e. The van der Waals surface area contributed by atoms with Crippen LogP contribution in [-0.2, 0) is 6.42 Å². The maximum absolute atomic E-state index is 13.6. The topological polar surface area (TPSA) is 12.0 Å². The molecule has 0 amide bonds. The molecule has 0 aliphatic heterocycles. The molecule has 1 rings (SSSR count). The van der Waals surface area contributed by atoms with E-state index in [9.17, 15) is 4.39 Å². The number of hydrogen-bond donors (Lipinski definition) is 1. The Kier molecular flexibility index (Phi) is 6.75. The molecule has 1 unspecified atom stereocenters. The van der Waals surface area contributed by atoms with E-state index in [0.29, 0.717) is 6.04 Å². The summed E-state index contributed by atoms with van der Waals surface area (Å²) in [4.78, 5) is 0. The lowest BCUT2D eigenvalue weighted by molar-refractivity contribution is 0.455. The molecule has 1 nitrogen and oxygen atoms in total. The summed E-state index contributed by atoms with van der Waals surface area (Å²) >= 11 is 3.38. The van der Waals surface area contributed by atoms with Crippen LogP contribution in [0.5, 0.6) is 0 Å². The van der Waals surface area contributed by atoms with Crippen molar-refractivity contribution in [1.29, 1.82) is 0 Å².